The van der Waals surface area contributed by atoms with E-state index in [1.165, 1.54) is 7.11 Å². The molecule has 0 aliphatic heterocycles. The average Bonchev–Trinajstić information content (AvgIpc) is 3.13. The van der Waals surface area contributed by atoms with Gasteiger partial charge in [-0.15, -0.1) is 0 Å². The van der Waals surface area contributed by atoms with Crippen LogP contribution in [0.15, 0.2) is 61.1 Å². The molecule has 122 valence electrons. The molecule has 0 amide bonds. The van der Waals surface area contributed by atoms with Crippen molar-refractivity contribution in [3.05, 3.63) is 61.1 Å². The van der Waals surface area contributed by atoms with Crippen LogP contribution in [0.1, 0.15) is 19.4 Å². The Balaban J connectivity index is 1.92. The van der Waals surface area contributed by atoms with Crippen LogP contribution >= 0.6 is 0 Å². The van der Waals surface area contributed by atoms with Gasteiger partial charge in [-0.2, -0.15) is 5.10 Å². The lowest BCUT2D eigenvalue weighted by atomic mass is 10.0. The summed E-state index contributed by atoms with van der Waals surface area (Å²) in [5, 5.41) is 4.56. The molecular formula is C19H19N3O2. The summed E-state index contributed by atoms with van der Waals surface area (Å²) in [7, 11) is 1.40. The molecule has 0 aliphatic rings. The molecule has 0 bridgehead atoms. The minimum Gasteiger partial charge on any atom is -0.467 e. The Morgan fingerprint density at radius 1 is 1.17 bits per heavy atom. The lowest BCUT2D eigenvalue weighted by Gasteiger charge is -2.12. The number of aromatic nitrogens is 3. The van der Waals surface area contributed by atoms with E-state index in [4.69, 9.17) is 4.74 Å². The summed E-state index contributed by atoms with van der Waals surface area (Å²) in [6.07, 6.45) is 6.04. The number of rotatable bonds is 5. The third kappa shape index (κ3) is 3.20. The van der Waals surface area contributed by atoms with E-state index in [0.29, 0.717) is 6.42 Å². The Labute approximate surface area is 140 Å². The molecule has 24 heavy (non-hydrogen) atoms. The van der Waals surface area contributed by atoms with Crippen molar-refractivity contribution in [3.63, 3.8) is 0 Å². The molecule has 3 aromatic rings. The van der Waals surface area contributed by atoms with Crippen molar-refractivity contribution in [2.75, 3.05) is 7.11 Å². The molecule has 1 aromatic carbocycles. The number of nitrogens with zero attached hydrogens (tertiary/aromatic N) is 3. The van der Waals surface area contributed by atoms with Crippen LogP contribution in [-0.4, -0.2) is 27.8 Å². The van der Waals surface area contributed by atoms with Crippen molar-refractivity contribution >= 4 is 5.97 Å². The molecule has 1 atom stereocenters. The SMILES string of the molecule is CCC(C(=O)OC)n1ccc(-c2cccc(-c3cccnc3)c2)n1. The molecule has 3 rings (SSSR count). The van der Waals surface area contributed by atoms with Gasteiger partial charge in [-0.25, -0.2) is 4.79 Å². The Hall–Kier alpha value is -2.95. The third-order valence-corrected chi connectivity index (χ3v) is 3.94. The number of carbonyl (C=O) groups is 1. The third-order valence-electron chi connectivity index (χ3n) is 3.94. The van der Waals surface area contributed by atoms with Crippen LogP contribution in [-0.2, 0) is 9.53 Å². The molecule has 5 nitrogen and oxygen atoms in total. The topological polar surface area (TPSA) is 57.0 Å². The van der Waals surface area contributed by atoms with Crippen LogP contribution < -0.4 is 0 Å². The molecule has 2 heterocycles. The van der Waals surface area contributed by atoms with Gasteiger partial charge in [-0.05, 0) is 30.2 Å². The van der Waals surface area contributed by atoms with Crippen molar-refractivity contribution in [2.24, 2.45) is 0 Å². The highest BCUT2D eigenvalue weighted by Gasteiger charge is 2.20. The molecule has 1 unspecified atom stereocenters. The van der Waals surface area contributed by atoms with Crippen molar-refractivity contribution < 1.29 is 9.53 Å². The average molecular weight is 321 g/mol. The van der Waals surface area contributed by atoms with Crippen LogP contribution in [0.25, 0.3) is 22.4 Å². The first-order valence-corrected chi connectivity index (χ1v) is 7.86. The zero-order valence-electron chi connectivity index (χ0n) is 13.7. The van der Waals surface area contributed by atoms with Gasteiger partial charge in [0, 0.05) is 29.7 Å². The minimum atomic E-state index is -0.398. The molecule has 0 fully saturated rings. The van der Waals surface area contributed by atoms with E-state index in [-0.39, 0.29) is 5.97 Å². The first-order valence-electron chi connectivity index (χ1n) is 7.86. The molecule has 0 spiro atoms. The summed E-state index contributed by atoms with van der Waals surface area (Å²) >= 11 is 0. The van der Waals surface area contributed by atoms with E-state index in [1.54, 1.807) is 10.9 Å². The number of hydrogen-bond acceptors (Lipinski definition) is 4. The second kappa shape index (κ2) is 7.08. The zero-order chi connectivity index (χ0) is 16.9. The van der Waals surface area contributed by atoms with E-state index in [1.807, 2.05) is 55.7 Å². The maximum atomic E-state index is 11.8. The van der Waals surface area contributed by atoms with Gasteiger partial charge >= 0.3 is 5.97 Å². The predicted octanol–water partition coefficient (Wildman–Crippen LogP) is 3.74. The smallest absolute Gasteiger partial charge is 0.330 e. The summed E-state index contributed by atoms with van der Waals surface area (Å²) in [6.45, 7) is 1.94. The van der Waals surface area contributed by atoms with Crippen LogP contribution in [0.3, 0.4) is 0 Å². The molecule has 0 saturated carbocycles. The Kier molecular flexibility index (Phi) is 4.70. The normalized spacial score (nSPS) is 11.9. The lowest BCUT2D eigenvalue weighted by molar-refractivity contribution is -0.145. The van der Waals surface area contributed by atoms with Crippen LogP contribution in [0.4, 0.5) is 0 Å². The fourth-order valence-corrected chi connectivity index (χ4v) is 2.65. The molecule has 0 aliphatic carbocycles. The number of esters is 1. The van der Waals surface area contributed by atoms with E-state index in [9.17, 15) is 4.79 Å². The Morgan fingerprint density at radius 2 is 1.96 bits per heavy atom. The van der Waals surface area contributed by atoms with Crippen LogP contribution in [0, 0.1) is 0 Å². The highest BCUT2D eigenvalue weighted by atomic mass is 16.5. The van der Waals surface area contributed by atoms with Gasteiger partial charge in [0.25, 0.3) is 0 Å². The van der Waals surface area contributed by atoms with Gasteiger partial charge in [-0.3, -0.25) is 9.67 Å². The molecule has 0 saturated heterocycles. The van der Waals surface area contributed by atoms with Crippen molar-refractivity contribution in [1.82, 2.24) is 14.8 Å². The van der Waals surface area contributed by atoms with Gasteiger partial charge in [0.15, 0.2) is 0 Å². The standard InChI is InChI=1S/C19H19N3O2/c1-3-18(19(23)24-2)22-11-9-17(21-22)15-7-4-6-14(12-15)16-8-5-10-20-13-16/h4-13,18H,3H2,1-2H3. The number of ether oxygens (including phenoxy) is 1. The second-order valence-electron chi connectivity index (χ2n) is 5.45. The molecule has 5 heteroatoms. The monoisotopic (exact) mass is 321 g/mol. The lowest BCUT2D eigenvalue weighted by Crippen LogP contribution is -2.20. The number of carbonyl (C=O) groups excluding carboxylic acids is 1. The van der Waals surface area contributed by atoms with Gasteiger partial charge in [0.1, 0.15) is 6.04 Å². The van der Waals surface area contributed by atoms with Gasteiger partial charge < -0.3 is 4.74 Å². The molecule has 0 N–H and O–H groups in total. The molecule has 2 aromatic heterocycles. The molecular weight excluding hydrogens is 302 g/mol. The second-order valence-corrected chi connectivity index (χ2v) is 5.45. The predicted molar refractivity (Wildman–Crippen MR) is 92.2 cm³/mol. The molecule has 0 radical (unpaired) electrons. The quantitative estimate of drug-likeness (QED) is 0.672. The van der Waals surface area contributed by atoms with Gasteiger partial charge in [0.2, 0.25) is 0 Å². The first-order chi connectivity index (χ1) is 11.7. The number of benzene rings is 1. The summed E-state index contributed by atoms with van der Waals surface area (Å²) < 4.78 is 6.51. The van der Waals surface area contributed by atoms with Crippen LogP contribution in [0.5, 0.6) is 0 Å². The number of methoxy groups -OCH3 is 1. The fourth-order valence-electron chi connectivity index (χ4n) is 2.65. The van der Waals surface area contributed by atoms with Crippen LogP contribution in [0.2, 0.25) is 0 Å². The van der Waals surface area contributed by atoms with Gasteiger partial charge in [-0.1, -0.05) is 31.2 Å². The summed E-state index contributed by atoms with van der Waals surface area (Å²) in [6, 6.07) is 13.6. The Morgan fingerprint density at radius 3 is 2.67 bits per heavy atom. The van der Waals surface area contributed by atoms with E-state index in [2.05, 4.69) is 16.1 Å². The van der Waals surface area contributed by atoms with Crippen molar-refractivity contribution in [1.29, 1.82) is 0 Å². The minimum absolute atomic E-state index is 0.281. The van der Waals surface area contributed by atoms with E-state index >= 15 is 0 Å². The Bertz CT molecular complexity index is 827. The largest absolute Gasteiger partial charge is 0.467 e. The summed E-state index contributed by atoms with van der Waals surface area (Å²) in [4.78, 5) is 16.0. The maximum absolute atomic E-state index is 11.8. The number of hydrogen-bond donors (Lipinski definition) is 0. The zero-order valence-corrected chi connectivity index (χ0v) is 13.7. The highest BCUT2D eigenvalue weighted by molar-refractivity contribution is 5.74. The van der Waals surface area contributed by atoms with E-state index < -0.39 is 6.04 Å². The first kappa shape index (κ1) is 15.9. The highest BCUT2D eigenvalue weighted by Crippen LogP contribution is 2.25. The van der Waals surface area contributed by atoms with E-state index in [0.717, 1.165) is 22.4 Å². The number of pyridine rings is 1. The maximum Gasteiger partial charge on any atom is 0.330 e. The van der Waals surface area contributed by atoms with Gasteiger partial charge in [0.05, 0.1) is 12.8 Å². The summed E-state index contributed by atoms with van der Waals surface area (Å²) in [5.41, 5.74) is 3.95. The fraction of sp³-hybridized carbons (Fsp3) is 0.211. The summed E-state index contributed by atoms with van der Waals surface area (Å²) in [5.74, 6) is -0.281. The van der Waals surface area contributed by atoms with Crippen molar-refractivity contribution in [2.45, 2.75) is 19.4 Å². The van der Waals surface area contributed by atoms with Crippen molar-refractivity contribution in [3.8, 4) is 22.4 Å².